The van der Waals surface area contributed by atoms with Crippen LogP contribution in [0.15, 0.2) is 55.2 Å². The van der Waals surface area contributed by atoms with E-state index >= 15 is 0 Å². The first kappa shape index (κ1) is 13.4. The molecule has 106 valence electrons. The van der Waals surface area contributed by atoms with E-state index in [2.05, 4.69) is 45.7 Å². The van der Waals surface area contributed by atoms with Crippen molar-refractivity contribution in [2.75, 3.05) is 5.73 Å². The Morgan fingerprint density at radius 2 is 1.95 bits per heavy atom. The Morgan fingerprint density at radius 1 is 1.10 bits per heavy atom. The molecule has 0 unspecified atom stereocenters. The van der Waals surface area contributed by atoms with E-state index in [1.807, 2.05) is 18.6 Å². The number of benzene rings is 1. The lowest BCUT2D eigenvalue weighted by Gasteiger charge is -2.11. The van der Waals surface area contributed by atoms with Crippen LogP contribution in [0.5, 0.6) is 0 Å². The molecule has 0 bridgehead atoms. The number of hydrogen-bond donors (Lipinski definition) is 1. The van der Waals surface area contributed by atoms with Crippen molar-refractivity contribution in [3.8, 4) is 11.3 Å². The van der Waals surface area contributed by atoms with Gasteiger partial charge in [-0.05, 0) is 30.5 Å². The summed E-state index contributed by atoms with van der Waals surface area (Å²) < 4.78 is 2.12. The highest BCUT2D eigenvalue weighted by atomic mass is 15.0. The predicted molar refractivity (Wildman–Crippen MR) is 84.8 cm³/mol. The molecule has 2 heterocycles. The number of nitrogens with two attached hydrogens (primary N) is 1. The van der Waals surface area contributed by atoms with Gasteiger partial charge in [0.25, 0.3) is 0 Å². The molecule has 0 spiro atoms. The van der Waals surface area contributed by atoms with Gasteiger partial charge in [0.15, 0.2) is 0 Å². The minimum absolute atomic E-state index is 0.725. The van der Waals surface area contributed by atoms with E-state index in [9.17, 15) is 0 Å². The molecule has 0 amide bonds. The molecule has 1 aromatic carbocycles. The van der Waals surface area contributed by atoms with Crippen LogP contribution in [0.25, 0.3) is 11.3 Å². The number of aryl methyl sites for hydroxylation is 3. The minimum Gasteiger partial charge on any atom is -0.398 e. The van der Waals surface area contributed by atoms with Crippen molar-refractivity contribution in [3.63, 3.8) is 0 Å². The van der Waals surface area contributed by atoms with Crippen molar-refractivity contribution in [1.29, 1.82) is 0 Å². The number of anilines is 1. The van der Waals surface area contributed by atoms with Crippen LogP contribution in [0.4, 0.5) is 5.69 Å². The number of nitrogens with zero attached hydrogens (tertiary/aromatic N) is 3. The Morgan fingerprint density at radius 3 is 2.76 bits per heavy atom. The smallest absolute Gasteiger partial charge is 0.0951 e. The van der Waals surface area contributed by atoms with Crippen molar-refractivity contribution in [2.45, 2.75) is 19.9 Å². The first-order valence-corrected chi connectivity index (χ1v) is 7.00. The standard InChI is InChI=1S/C17H18N4/c1-13-4-2-3-5-14(13)7-9-21-12-20-11-17(21)15-10-19-8-6-16(15)18/h2-6,8,10-12H,7,9H2,1H3,(H2,18,19). The summed E-state index contributed by atoms with van der Waals surface area (Å²) in [5, 5.41) is 0. The largest absolute Gasteiger partial charge is 0.398 e. The highest BCUT2D eigenvalue weighted by Gasteiger charge is 2.09. The van der Waals surface area contributed by atoms with Gasteiger partial charge in [-0.2, -0.15) is 0 Å². The monoisotopic (exact) mass is 278 g/mol. The lowest BCUT2D eigenvalue weighted by atomic mass is 10.1. The van der Waals surface area contributed by atoms with Gasteiger partial charge in [0.2, 0.25) is 0 Å². The van der Waals surface area contributed by atoms with E-state index in [1.54, 1.807) is 12.4 Å². The van der Waals surface area contributed by atoms with E-state index in [4.69, 9.17) is 5.73 Å². The van der Waals surface area contributed by atoms with Gasteiger partial charge in [0, 0.05) is 30.2 Å². The fraction of sp³-hybridized carbons (Fsp3) is 0.176. The van der Waals surface area contributed by atoms with Gasteiger partial charge >= 0.3 is 0 Å². The van der Waals surface area contributed by atoms with Crippen molar-refractivity contribution in [2.24, 2.45) is 0 Å². The molecule has 21 heavy (non-hydrogen) atoms. The number of pyridine rings is 1. The van der Waals surface area contributed by atoms with Crippen LogP contribution < -0.4 is 5.73 Å². The van der Waals surface area contributed by atoms with Gasteiger partial charge in [0.1, 0.15) is 0 Å². The first-order chi connectivity index (χ1) is 10.3. The van der Waals surface area contributed by atoms with Crippen LogP contribution in [0.1, 0.15) is 11.1 Å². The molecule has 0 saturated heterocycles. The number of nitrogen functional groups attached to an aromatic ring is 1. The number of imidazole rings is 1. The molecule has 2 aromatic heterocycles. The molecule has 0 atom stereocenters. The second-order valence-corrected chi connectivity index (χ2v) is 5.11. The van der Waals surface area contributed by atoms with Crippen molar-refractivity contribution >= 4 is 5.69 Å². The average molecular weight is 278 g/mol. The molecule has 4 nitrogen and oxygen atoms in total. The third kappa shape index (κ3) is 2.79. The third-order valence-electron chi connectivity index (χ3n) is 3.73. The molecule has 0 saturated carbocycles. The summed E-state index contributed by atoms with van der Waals surface area (Å²) in [6.07, 6.45) is 8.14. The second kappa shape index (κ2) is 5.79. The zero-order chi connectivity index (χ0) is 14.7. The first-order valence-electron chi connectivity index (χ1n) is 7.00. The summed E-state index contributed by atoms with van der Waals surface area (Å²) in [7, 11) is 0. The summed E-state index contributed by atoms with van der Waals surface area (Å²) >= 11 is 0. The van der Waals surface area contributed by atoms with Crippen LogP contribution in [0.3, 0.4) is 0 Å². The van der Waals surface area contributed by atoms with Crippen LogP contribution >= 0.6 is 0 Å². The Labute approximate surface area is 124 Å². The van der Waals surface area contributed by atoms with Gasteiger partial charge in [-0.15, -0.1) is 0 Å². The van der Waals surface area contributed by atoms with Gasteiger partial charge in [-0.3, -0.25) is 4.98 Å². The number of hydrogen-bond acceptors (Lipinski definition) is 3. The SMILES string of the molecule is Cc1ccccc1CCn1cncc1-c1cnccc1N. The summed E-state index contributed by atoms with van der Waals surface area (Å²) in [6.45, 7) is 3.01. The van der Waals surface area contributed by atoms with Crippen molar-refractivity contribution in [3.05, 3.63) is 66.4 Å². The molecular formula is C17H18N4. The molecule has 0 aliphatic carbocycles. The Hall–Kier alpha value is -2.62. The maximum Gasteiger partial charge on any atom is 0.0951 e. The fourth-order valence-corrected chi connectivity index (χ4v) is 2.47. The van der Waals surface area contributed by atoms with Crippen LogP contribution in [-0.4, -0.2) is 14.5 Å². The van der Waals surface area contributed by atoms with Gasteiger partial charge in [-0.25, -0.2) is 4.98 Å². The molecule has 4 heteroatoms. The predicted octanol–water partition coefficient (Wildman–Crippen LogP) is 3.08. The van der Waals surface area contributed by atoms with Gasteiger partial charge in [-0.1, -0.05) is 24.3 Å². The normalized spacial score (nSPS) is 10.7. The summed E-state index contributed by atoms with van der Waals surface area (Å²) in [5.41, 5.74) is 11.4. The van der Waals surface area contributed by atoms with Crippen molar-refractivity contribution in [1.82, 2.24) is 14.5 Å². The highest BCUT2D eigenvalue weighted by molar-refractivity contribution is 5.72. The Kier molecular flexibility index (Phi) is 3.69. The summed E-state index contributed by atoms with van der Waals surface area (Å²) in [5.74, 6) is 0. The van der Waals surface area contributed by atoms with Crippen LogP contribution in [-0.2, 0) is 13.0 Å². The van der Waals surface area contributed by atoms with E-state index in [0.29, 0.717) is 0 Å². The zero-order valence-corrected chi connectivity index (χ0v) is 12.0. The van der Waals surface area contributed by atoms with Crippen LogP contribution in [0, 0.1) is 6.92 Å². The van der Waals surface area contributed by atoms with Crippen LogP contribution in [0.2, 0.25) is 0 Å². The van der Waals surface area contributed by atoms with Gasteiger partial charge in [0.05, 0.1) is 18.2 Å². The number of rotatable bonds is 4. The van der Waals surface area contributed by atoms with E-state index in [0.717, 1.165) is 29.9 Å². The highest BCUT2D eigenvalue weighted by Crippen LogP contribution is 2.24. The third-order valence-corrected chi connectivity index (χ3v) is 3.73. The lowest BCUT2D eigenvalue weighted by molar-refractivity contribution is 0.699. The molecule has 0 aliphatic rings. The Bertz CT molecular complexity index is 746. The molecule has 2 N–H and O–H groups in total. The lowest BCUT2D eigenvalue weighted by Crippen LogP contribution is -2.04. The van der Waals surface area contributed by atoms with Crippen molar-refractivity contribution < 1.29 is 0 Å². The molecule has 3 rings (SSSR count). The topological polar surface area (TPSA) is 56.7 Å². The summed E-state index contributed by atoms with van der Waals surface area (Å²) in [4.78, 5) is 8.41. The zero-order valence-electron chi connectivity index (χ0n) is 12.0. The van der Waals surface area contributed by atoms with E-state index < -0.39 is 0 Å². The molecule has 0 radical (unpaired) electrons. The van der Waals surface area contributed by atoms with E-state index in [1.165, 1.54) is 11.1 Å². The number of aromatic nitrogens is 3. The quantitative estimate of drug-likeness (QED) is 0.798. The van der Waals surface area contributed by atoms with Gasteiger partial charge < -0.3 is 10.3 Å². The maximum atomic E-state index is 6.03. The second-order valence-electron chi connectivity index (χ2n) is 5.11. The molecule has 3 aromatic rings. The fourth-order valence-electron chi connectivity index (χ4n) is 2.47. The molecular weight excluding hydrogens is 260 g/mol. The minimum atomic E-state index is 0.725. The maximum absolute atomic E-state index is 6.03. The average Bonchev–Trinajstić information content (AvgIpc) is 2.95. The summed E-state index contributed by atoms with van der Waals surface area (Å²) in [6, 6.07) is 10.3. The molecule has 0 fully saturated rings. The Balaban J connectivity index is 1.84. The molecule has 0 aliphatic heterocycles. The van der Waals surface area contributed by atoms with E-state index in [-0.39, 0.29) is 0 Å².